The van der Waals surface area contributed by atoms with Crippen LogP contribution in [0.1, 0.15) is 46.5 Å². The summed E-state index contributed by atoms with van der Waals surface area (Å²) in [7, 11) is -3.73. The van der Waals surface area contributed by atoms with Crippen molar-refractivity contribution in [3.05, 3.63) is 28.7 Å². The predicted molar refractivity (Wildman–Crippen MR) is 113 cm³/mol. The predicted octanol–water partition coefficient (Wildman–Crippen LogP) is 0.786. The molecule has 2 rings (SSSR count). The number of hydrogen-bond donors (Lipinski definition) is 1. The minimum Gasteiger partial charge on any atom is -0.352 e. The van der Waals surface area contributed by atoms with Gasteiger partial charge in [-0.15, -0.1) is 0 Å². The molecule has 2 amide bonds. The number of rotatable bonds is 9. The van der Waals surface area contributed by atoms with Crippen LogP contribution in [0.4, 0.5) is 0 Å². The second kappa shape index (κ2) is 10.7. The van der Waals surface area contributed by atoms with Crippen molar-refractivity contribution in [2.24, 2.45) is 0 Å². The minimum atomic E-state index is -3.73. The second-order valence-electron chi connectivity index (χ2n) is 7.42. The summed E-state index contributed by atoms with van der Waals surface area (Å²) in [6.07, 6.45) is 4.01. The number of amides is 2. The van der Waals surface area contributed by atoms with Gasteiger partial charge in [0.15, 0.2) is 0 Å². The summed E-state index contributed by atoms with van der Waals surface area (Å²) in [5.74, 6) is -0.300. The van der Waals surface area contributed by atoms with Gasteiger partial charge in [0.1, 0.15) is 6.54 Å². The van der Waals surface area contributed by atoms with Gasteiger partial charge in [0.25, 0.3) is 5.56 Å². The number of carbonyl (C=O) groups excluding carboxylic acids is 2. The molecule has 168 valence electrons. The Labute approximate surface area is 178 Å². The number of nitrogens with zero attached hydrogens (tertiary/aromatic N) is 3. The van der Waals surface area contributed by atoms with Crippen LogP contribution in [0, 0.1) is 0 Å². The zero-order valence-electron chi connectivity index (χ0n) is 18.0. The summed E-state index contributed by atoms with van der Waals surface area (Å²) >= 11 is 0. The molecule has 2 heterocycles. The first-order valence-corrected chi connectivity index (χ1v) is 11.9. The highest BCUT2D eigenvalue weighted by molar-refractivity contribution is 7.89. The lowest BCUT2D eigenvalue weighted by atomic mass is 10.1. The molecule has 0 aliphatic carbocycles. The van der Waals surface area contributed by atoms with Crippen molar-refractivity contribution in [1.82, 2.24) is 19.1 Å². The number of piperidine rings is 1. The number of hydrogen-bond acceptors (Lipinski definition) is 5. The molecule has 30 heavy (non-hydrogen) atoms. The molecule has 10 heteroatoms. The van der Waals surface area contributed by atoms with E-state index in [-0.39, 0.29) is 29.3 Å². The van der Waals surface area contributed by atoms with Gasteiger partial charge in [-0.2, -0.15) is 4.31 Å². The first-order chi connectivity index (χ1) is 14.2. The molecule has 0 bridgehead atoms. The average Bonchev–Trinajstić information content (AvgIpc) is 2.70. The first kappa shape index (κ1) is 24.1. The fourth-order valence-electron chi connectivity index (χ4n) is 3.59. The highest BCUT2D eigenvalue weighted by Crippen LogP contribution is 2.15. The molecule has 1 atom stereocenters. The summed E-state index contributed by atoms with van der Waals surface area (Å²) in [4.78, 5) is 38.5. The van der Waals surface area contributed by atoms with E-state index in [0.29, 0.717) is 32.6 Å². The molecule has 1 N–H and O–H groups in total. The van der Waals surface area contributed by atoms with E-state index in [0.717, 1.165) is 23.8 Å². The van der Waals surface area contributed by atoms with Gasteiger partial charge >= 0.3 is 0 Å². The Balaban J connectivity index is 2.13. The second-order valence-corrected chi connectivity index (χ2v) is 9.35. The van der Waals surface area contributed by atoms with Crippen LogP contribution in [0.5, 0.6) is 0 Å². The van der Waals surface area contributed by atoms with Crippen molar-refractivity contribution in [1.29, 1.82) is 0 Å². The monoisotopic (exact) mass is 440 g/mol. The van der Waals surface area contributed by atoms with Gasteiger partial charge in [-0.1, -0.05) is 20.8 Å². The average molecular weight is 441 g/mol. The van der Waals surface area contributed by atoms with E-state index in [9.17, 15) is 22.8 Å². The molecule has 1 fully saturated rings. The molecular weight excluding hydrogens is 408 g/mol. The summed E-state index contributed by atoms with van der Waals surface area (Å²) in [5, 5.41) is 2.95. The lowest BCUT2D eigenvalue weighted by Crippen LogP contribution is -2.50. The summed E-state index contributed by atoms with van der Waals surface area (Å²) in [6.45, 7) is 6.75. The molecule has 1 unspecified atom stereocenters. The maximum Gasteiger partial charge on any atom is 0.251 e. The van der Waals surface area contributed by atoms with Crippen molar-refractivity contribution >= 4 is 21.8 Å². The number of nitrogens with one attached hydrogen (secondary N) is 1. The van der Waals surface area contributed by atoms with E-state index in [2.05, 4.69) is 5.32 Å². The van der Waals surface area contributed by atoms with Crippen molar-refractivity contribution in [3.8, 4) is 0 Å². The number of carbonyl (C=O) groups is 2. The van der Waals surface area contributed by atoms with Crippen molar-refractivity contribution in [3.63, 3.8) is 0 Å². The van der Waals surface area contributed by atoms with Crippen LogP contribution in [0.3, 0.4) is 0 Å². The maximum atomic E-state index is 12.8. The van der Waals surface area contributed by atoms with Crippen LogP contribution in [0.25, 0.3) is 0 Å². The van der Waals surface area contributed by atoms with Crippen LogP contribution in [0.2, 0.25) is 0 Å². The van der Waals surface area contributed by atoms with Gasteiger partial charge < -0.3 is 14.8 Å². The van der Waals surface area contributed by atoms with Crippen LogP contribution in [0.15, 0.2) is 28.0 Å². The molecule has 0 spiro atoms. The number of aromatic nitrogens is 1. The van der Waals surface area contributed by atoms with Crippen LogP contribution in [-0.2, 0) is 26.2 Å². The molecule has 0 saturated carbocycles. The van der Waals surface area contributed by atoms with Gasteiger partial charge in [-0.05, 0) is 25.3 Å². The molecular formula is C20H32N4O5S. The summed E-state index contributed by atoms with van der Waals surface area (Å²) < 4.78 is 27.9. The molecule has 1 aromatic heterocycles. The smallest absolute Gasteiger partial charge is 0.251 e. The first-order valence-electron chi connectivity index (χ1n) is 10.5. The van der Waals surface area contributed by atoms with Crippen molar-refractivity contribution in [2.45, 2.75) is 63.9 Å². The largest absolute Gasteiger partial charge is 0.352 e. The normalized spacial score (nSPS) is 17.2. The van der Waals surface area contributed by atoms with Gasteiger partial charge in [0.2, 0.25) is 21.8 Å². The maximum absolute atomic E-state index is 12.8. The Bertz CT molecular complexity index is 908. The molecule has 0 radical (unpaired) electrons. The van der Waals surface area contributed by atoms with E-state index in [1.165, 1.54) is 22.6 Å². The number of pyridine rings is 1. The number of sulfonamides is 1. The Kier molecular flexibility index (Phi) is 8.60. The van der Waals surface area contributed by atoms with Gasteiger partial charge in [0, 0.05) is 50.9 Å². The molecule has 1 aliphatic rings. The lowest BCUT2D eigenvalue weighted by molar-refractivity contribution is -0.134. The van der Waals surface area contributed by atoms with E-state index in [1.54, 1.807) is 18.7 Å². The Morgan fingerprint density at radius 3 is 2.53 bits per heavy atom. The third kappa shape index (κ3) is 5.91. The van der Waals surface area contributed by atoms with Gasteiger partial charge in [0.05, 0.1) is 4.90 Å². The standard InChI is InChI=1S/C20H32N4O5S/c1-4-8-18(25)21-16-9-7-12-22(13-16)20(27)15-23-14-17(10-11-19(23)26)30(28,29)24(5-2)6-3/h10-11,14,16H,4-9,12-13,15H2,1-3H3,(H,21,25). The minimum absolute atomic E-state index is 0.0121. The van der Waals surface area contributed by atoms with Crippen LogP contribution in [-0.4, -0.2) is 66.2 Å². The van der Waals surface area contributed by atoms with E-state index in [1.807, 2.05) is 6.92 Å². The van der Waals surface area contributed by atoms with Crippen LogP contribution < -0.4 is 10.9 Å². The third-order valence-electron chi connectivity index (χ3n) is 5.22. The topological polar surface area (TPSA) is 109 Å². The summed E-state index contributed by atoms with van der Waals surface area (Å²) in [5.41, 5.74) is -0.438. The van der Waals surface area contributed by atoms with E-state index >= 15 is 0 Å². The Morgan fingerprint density at radius 2 is 1.90 bits per heavy atom. The van der Waals surface area contributed by atoms with Crippen LogP contribution >= 0.6 is 0 Å². The molecule has 0 aromatic carbocycles. The molecule has 1 saturated heterocycles. The van der Waals surface area contributed by atoms with Crippen molar-refractivity contribution < 1.29 is 18.0 Å². The van der Waals surface area contributed by atoms with Crippen molar-refractivity contribution in [2.75, 3.05) is 26.2 Å². The SMILES string of the molecule is CCCC(=O)NC1CCCN(C(=O)Cn2cc(S(=O)(=O)N(CC)CC)ccc2=O)C1. The highest BCUT2D eigenvalue weighted by Gasteiger charge is 2.26. The Hall–Kier alpha value is -2.20. The van der Waals surface area contributed by atoms with E-state index < -0.39 is 15.6 Å². The third-order valence-corrected chi connectivity index (χ3v) is 7.25. The fourth-order valence-corrected chi connectivity index (χ4v) is 5.07. The molecule has 1 aliphatic heterocycles. The zero-order valence-corrected chi connectivity index (χ0v) is 18.8. The molecule has 1 aromatic rings. The number of likely N-dealkylation sites (tertiary alicyclic amines) is 1. The highest BCUT2D eigenvalue weighted by atomic mass is 32.2. The van der Waals surface area contributed by atoms with Gasteiger partial charge in [-0.3, -0.25) is 14.4 Å². The quantitative estimate of drug-likeness (QED) is 0.611. The molecule has 9 nitrogen and oxygen atoms in total. The van der Waals surface area contributed by atoms with Gasteiger partial charge in [-0.25, -0.2) is 8.42 Å². The fraction of sp³-hybridized carbons (Fsp3) is 0.650. The summed E-state index contributed by atoms with van der Waals surface area (Å²) in [6, 6.07) is 2.35. The zero-order chi connectivity index (χ0) is 22.3. The Morgan fingerprint density at radius 1 is 1.20 bits per heavy atom. The van der Waals surface area contributed by atoms with E-state index in [4.69, 9.17) is 0 Å². The lowest BCUT2D eigenvalue weighted by Gasteiger charge is -2.33.